The van der Waals surface area contributed by atoms with Crippen LogP contribution in [-0.2, 0) is 9.16 Å². The van der Waals surface area contributed by atoms with Gasteiger partial charge in [-0.1, -0.05) is 59.7 Å². The number of benzene rings is 1. The van der Waals surface area contributed by atoms with E-state index in [9.17, 15) is 4.79 Å². The van der Waals surface area contributed by atoms with E-state index in [1.165, 1.54) is 0 Å². The first-order valence-corrected chi connectivity index (χ1v) is 13.1. The summed E-state index contributed by atoms with van der Waals surface area (Å²) >= 11 is 0. The number of carbonyl (C=O) groups is 1. The van der Waals surface area contributed by atoms with Crippen molar-refractivity contribution in [1.82, 2.24) is 5.32 Å². The highest BCUT2D eigenvalue weighted by atomic mass is 28.4. The van der Waals surface area contributed by atoms with Crippen molar-refractivity contribution >= 4 is 14.2 Å². The third-order valence-electron chi connectivity index (χ3n) is 6.54. The van der Waals surface area contributed by atoms with E-state index in [2.05, 4.69) is 60.0 Å². The molecular weight excluding hydrogens is 354 g/mol. The fourth-order valence-corrected chi connectivity index (χ4v) is 4.49. The number of ether oxygens (including phenoxy) is 1. The van der Waals surface area contributed by atoms with E-state index in [1.807, 2.05) is 30.3 Å². The van der Waals surface area contributed by atoms with Crippen molar-refractivity contribution < 1.29 is 14.0 Å². The zero-order chi connectivity index (χ0) is 20.4. The average molecular weight is 392 g/mol. The normalized spacial score (nSPS) is 29.4. The number of nitrogens with one attached hydrogen (secondary N) is 1. The average Bonchev–Trinajstić information content (AvgIpc) is 2.60. The minimum atomic E-state index is -2.03. The van der Waals surface area contributed by atoms with Gasteiger partial charge in [-0.25, -0.2) is 0 Å². The van der Waals surface area contributed by atoms with Crippen molar-refractivity contribution in [3.05, 3.63) is 35.9 Å². The van der Waals surface area contributed by atoms with Crippen LogP contribution in [0.15, 0.2) is 30.3 Å². The number of amides is 1. The topological polar surface area (TPSA) is 47.6 Å². The maximum atomic E-state index is 12.8. The molecule has 0 radical (unpaired) electrons. The summed E-state index contributed by atoms with van der Waals surface area (Å²) in [4.78, 5) is 12.8. The molecule has 152 valence electrons. The summed E-state index contributed by atoms with van der Waals surface area (Å²) in [6.45, 7) is 17.7. The Kier molecular flexibility index (Phi) is 6.93. The standard InChI is InChI=1S/C22H37NO3Si/c1-9-18-15(2)16(3)19(23-20(24)17-13-11-10-12-14-17)21(25-18)26-27(7,8)22(4,5)6/h10-16,18-19,21H,9H2,1-8H3,(H,23,24)/t15-,16-,18?,19?,21-/m0/s1. The maximum Gasteiger partial charge on any atom is 0.251 e. The van der Waals surface area contributed by atoms with E-state index in [4.69, 9.17) is 9.16 Å². The van der Waals surface area contributed by atoms with Crippen LogP contribution in [0.3, 0.4) is 0 Å². The van der Waals surface area contributed by atoms with Crippen LogP contribution in [0.4, 0.5) is 0 Å². The first kappa shape index (κ1) is 22.1. The molecule has 27 heavy (non-hydrogen) atoms. The quantitative estimate of drug-likeness (QED) is 0.701. The molecule has 2 rings (SSSR count). The van der Waals surface area contributed by atoms with E-state index < -0.39 is 14.6 Å². The fourth-order valence-electron chi connectivity index (χ4n) is 3.35. The second-order valence-corrected chi connectivity index (χ2v) is 14.2. The van der Waals surface area contributed by atoms with Crippen LogP contribution >= 0.6 is 0 Å². The fraction of sp³-hybridized carbons (Fsp3) is 0.682. The largest absolute Gasteiger partial charge is 0.391 e. The van der Waals surface area contributed by atoms with Gasteiger partial charge in [0.05, 0.1) is 12.1 Å². The molecule has 5 heteroatoms. The third kappa shape index (κ3) is 5.01. The molecule has 2 unspecified atom stereocenters. The van der Waals surface area contributed by atoms with Crippen molar-refractivity contribution in [1.29, 1.82) is 0 Å². The van der Waals surface area contributed by atoms with Crippen LogP contribution in [0, 0.1) is 11.8 Å². The molecule has 1 aliphatic rings. The van der Waals surface area contributed by atoms with Gasteiger partial charge in [0.1, 0.15) is 0 Å². The Balaban J connectivity index is 2.27. The summed E-state index contributed by atoms with van der Waals surface area (Å²) in [5.41, 5.74) is 0.668. The summed E-state index contributed by atoms with van der Waals surface area (Å²) in [5.74, 6) is 0.559. The summed E-state index contributed by atoms with van der Waals surface area (Å²) in [6, 6.07) is 9.20. The molecule has 1 saturated heterocycles. The molecule has 0 saturated carbocycles. The molecule has 1 fully saturated rings. The lowest BCUT2D eigenvalue weighted by molar-refractivity contribution is -0.202. The molecule has 0 aliphatic carbocycles. The first-order chi connectivity index (χ1) is 12.5. The van der Waals surface area contributed by atoms with Gasteiger partial charge in [0.15, 0.2) is 14.6 Å². The Morgan fingerprint density at radius 3 is 2.26 bits per heavy atom. The Hall–Kier alpha value is -1.17. The second-order valence-electron chi connectivity index (χ2n) is 9.41. The Bertz CT molecular complexity index is 626. The van der Waals surface area contributed by atoms with Crippen LogP contribution in [0.2, 0.25) is 18.1 Å². The van der Waals surface area contributed by atoms with Crippen molar-refractivity contribution in [2.75, 3.05) is 0 Å². The lowest BCUT2D eigenvalue weighted by Gasteiger charge is -2.48. The monoisotopic (exact) mass is 391 g/mol. The summed E-state index contributed by atoms with van der Waals surface area (Å²) in [7, 11) is -2.03. The lowest BCUT2D eigenvalue weighted by Crippen LogP contribution is -2.60. The molecule has 0 spiro atoms. The Morgan fingerprint density at radius 1 is 1.15 bits per heavy atom. The van der Waals surface area contributed by atoms with Gasteiger partial charge in [-0.2, -0.15) is 0 Å². The highest BCUT2D eigenvalue weighted by molar-refractivity contribution is 6.74. The molecule has 5 atom stereocenters. The van der Waals surface area contributed by atoms with Gasteiger partial charge in [-0.05, 0) is 48.5 Å². The number of hydrogen-bond donors (Lipinski definition) is 1. The van der Waals surface area contributed by atoms with E-state index >= 15 is 0 Å². The zero-order valence-electron chi connectivity index (χ0n) is 18.2. The van der Waals surface area contributed by atoms with Gasteiger partial charge < -0.3 is 14.5 Å². The second kappa shape index (κ2) is 8.46. The van der Waals surface area contributed by atoms with E-state index in [0.717, 1.165) is 6.42 Å². The lowest BCUT2D eigenvalue weighted by atomic mass is 9.81. The number of carbonyl (C=O) groups excluding carboxylic acids is 1. The van der Waals surface area contributed by atoms with E-state index in [1.54, 1.807) is 0 Å². The molecular formula is C22H37NO3Si. The predicted molar refractivity (Wildman–Crippen MR) is 113 cm³/mol. The molecule has 1 aromatic carbocycles. The molecule has 4 nitrogen and oxygen atoms in total. The molecule has 0 bridgehead atoms. The van der Waals surface area contributed by atoms with Crippen molar-refractivity contribution in [3.63, 3.8) is 0 Å². The molecule has 1 aromatic rings. The summed E-state index contributed by atoms with van der Waals surface area (Å²) in [6.07, 6.45) is 0.691. The van der Waals surface area contributed by atoms with Crippen molar-refractivity contribution in [2.45, 2.75) is 84.5 Å². The van der Waals surface area contributed by atoms with Crippen LogP contribution in [-0.4, -0.2) is 32.7 Å². The van der Waals surface area contributed by atoms with Crippen LogP contribution in [0.1, 0.15) is 58.3 Å². The summed E-state index contributed by atoms with van der Waals surface area (Å²) < 4.78 is 13.0. The minimum Gasteiger partial charge on any atom is -0.391 e. The third-order valence-corrected chi connectivity index (χ3v) is 11.0. The van der Waals surface area contributed by atoms with Gasteiger partial charge in [0.2, 0.25) is 0 Å². The molecule has 0 aromatic heterocycles. The maximum absolute atomic E-state index is 12.8. The van der Waals surface area contributed by atoms with Crippen LogP contribution in [0.5, 0.6) is 0 Å². The Labute approximate surface area is 166 Å². The minimum absolute atomic E-state index is 0.0676. The van der Waals surface area contributed by atoms with E-state index in [-0.39, 0.29) is 29.0 Å². The highest BCUT2D eigenvalue weighted by Gasteiger charge is 2.47. The summed E-state index contributed by atoms with van der Waals surface area (Å²) in [5, 5.41) is 3.30. The van der Waals surface area contributed by atoms with Gasteiger partial charge in [0.25, 0.3) is 5.91 Å². The predicted octanol–water partition coefficient (Wildman–Crippen LogP) is 5.21. The van der Waals surface area contributed by atoms with Gasteiger partial charge in [-0.15, -0.1) is 0 Å². The number of hydrogen-bond acceptors (Lipinski definition) is 3. The SMILES string of the molecule is CCC1O[C@@H](O[Si](C)(C)C(C)(C)C)C(NC(=O)c2ccccc2)[C@@H](C)[C@@H]1C. The molecule has 1 aliphatic heterocycles. The van der Waals surface area contributed by atoms with E-state index in [0.29, 0.717) is 11.5 Å². The highest BCUT2D eigenvalue weighted by Crippen LogP contribution is 2.41. The van der Waals surface area contributed by atoms with Crippen molar-refractivity contribution in [3.8, 4) is 0 Å². The Morgan fingerprint density at radius 2 is 1.74 bits per heavy atom. The first-order valence-electron chi connectivity index (χ1n) is 10.2. The van der Waals surface area contributed by atoms with Crippen molar-refractivity contribution in [2.24, 2.45) is 11.8 Å². The molecule has 1 N–H and O–H groups in total. The van der Waals surface area contributed by atoms with Crippen LogP contribution in [0.25, 0.3) is 0 Å². The zero-order valence-corrected chi connectivity index (χ0v) is 19.2. The van der Waals surface area contributed by atoms with Gasteiger partial charge >= 0.3 is 0 Å². The molecule has 1 amide bonds. The van der Waals surface area contributed by atoms with Gasteiger partial charge in [-0.3, -0.25) is 4.79 Å². The smallest absolute Gasteiger partial charge is 0.251 e. The van der Waals surface area contributed by atoms with Gasteiger partial charge in [0, 0.05) is 5.56 Å². The van der Waals surface area contributed by atoms with Crippen LogP contribution < -0.4 is 5.32 Å². The number of rotatable bonds is 5. The molecule has 1 heterocycles.